The van der Waals surface area contributed by atoms with Crippen LogP contribution in [0.5, 0.6) is 0 Å². The molecule has 0 rings (SSSR count). The van der Waals surface area contributed by atoms with Gasteiger partial charge < -0.3 is 0 Å². The Labute approximate surface area is 221 Å². The van der Waals surface area contributed by atoms with Crippen molar-refractivity contribution in [3.63, 3.8) is 0 Å². The highest BCUT2D eigenvalue weighted by Gasteiger charge is 1.99. The molecule has 33 heavy (non-hydrogen) atoms. The van der Waals surface area contributed by atoms with Crippen LogP contribution in [0.25, 0.3) is 0 Å². The van der Waals surface area contributed by atoms with E-state index in [0.29, 0.717) is 6.42 Å². The number of hydroxylamine groups is 1. The van der Waals surface area contributed by atoms with Gasteiger partial charge in [-0.3, -0.25) is 10.0 Å². The Bertz CT molecular complexity index is 379. The van der Waals surface area contributed by atoms with Crippen LogP contribution < -0.4 is 5.48 Å². The van der Waals surface area contributed by atoms with Gasteiger partial charge in [-0.25, -0.2) is 5.48 Å². The van der Waals surface area contributed by atoms with Crippen LogP contribution in [0.3, 0.4) is 0 Å². The van der Waals surface area contributed by atoms with Crippen molar-refractivity contribution in [2.45, 2.75) is 173 Å². The summed E-state index contributed by atoms with van der Waals surface area (Å²) >= 11 is 2.49. The van der Waals surface area contributed by atoms with Crippen LogP contribution in [0, 0.1) is 0 Å². The van der Waals surface area contributed by atoms with E-state index < -0.39 is 0 Å². The molecule has 0 aliphatic carbocycles. The van der Waals surface area contributed by atoms with Gasteiger partial charge in [0.05, 0.1) is 0 Å². The zero-order valence-corrected chi connectivity index (χ0v) is 24.2. The molecule has 2 N–H and O–H groups in total. The van der Waals surface area contributed by atoms with Gasteiger partial charge in [0.1, 0.15) is 0 Å². The van der Waals surface area contributed by atoms with Gasteiger partial charge in [-0.05, 0) is 17.3 Å². The van der Waals surface area contributed by atoms with Crippen molar-refractivity contribution < 1.29 is 10.0 Å². The van der Waals surface area contributed by atoms with Crippen molar-refractivity contribution in [2.24, 2.45) is 0 Å². The van der Waals surface area contributed by atoms with Crippen molar-refractivity contribution in [1.82, 2.24) is 5.48 Å². The lowest BCUT2D eigenvalue weighted by molar-refractivity contribution is -0.129. The van der Waals surface area contributed by atoms with E-state index >= 15 is 0 Å². The first-order chi connectivity index (χ1) is 16.3. The molecule has 3 nitrogen and oxygen atoms in total. The maximum Gasteiger partial charge on any atom is 0.243 e. The Morgan fingerprint density at radius 2 is 0.636 bits per heavy atom. The summed E-state index contributed by atoms with van der Waals surface area (Å²) < 4.78 is 1.33. The predicted octanol–water partition coefficient (Wildman–Crippen LogP) is 10.5. The predicted molar refractivity (Wildman–Crippen MR) is 153 cm³/mol. The molecule has 198 valence electrons. The molecule has 1 amide bonds. The van der Waals surface area contributed by atoms with E-state index in [1.165, 1.54) is 159 Å². The lowest BCUT2D eigenvalue weighted by atomic mass is 10.0. The quantitative estimate of drug-likeness (QED) is 0.0318. The molecule has 0 unspecified atom stereocenters. The first-order valence-corrected chi connectivity index (χ1v) is 16.3. The number of carbonyl (C=O) groups excluding carboxylic acids is 1. The molecule has 0 aromatic carbocycles. The first kappa shape index (κ1) is 33.2. The Morgan fingerprint density at radius 3 is 0.848 bits per heavy atom. The second kappa shape index (κ2) is 30.2. The van der Waals surface area contributed by atoms with E-state index in [1.807, 2.05) is 0 Å². The van der Waals surface area contributed by atoms with Crippen LogP contribution in [-0.2, 0) is 4.79 Å². The molecular formula is C29H58INO2. The van der Waals surface area contributed by atoms with Crippen LogP contribution in [0.1, 0.15) is 173 Å². The standard InChI is InChI=1S/C29H58INO2/c30-28-26-24-22-20-18-16-14-12-10-8-6-4-2-1-3-5-7-9-11-13-15-17-19-21-23-25-27-29(32)31-33/h33H,1-28H2,(H,31,32). The number of hydrogen-bond donors (Lipinski definition) is 2. The molecule has 0 aliphatic rings. The number of alkyl halides is 1. The highest BCUT2D eigenvalue weighted by Crippen LogP contribution is 2.16. The molecule has 4 heteroatoms. The average Bonchev–Trinajstić information content (AvgIpc) is 2.83. The number of halogens is 1. The normalized spacial score (nSPS) is 11.2. The van der Waals surface area contributed by atoms with Crippen LogP contribution in [0.4, 0.5) is 0 Å². The molecule has 0 fully saturated rings. The largest absolute Gasteiger partial charge is 0.289 e. The minimum atomic E-state index is -0.255. The Balaban J connectivity index is 3.02. The number of carbonyl (C=O) groups is 1. The lowest BCUT2D eigenvalue weighted by Gasteiger charge is -2.04. The van der Waals surface area contributed by atoms with Gasteiger partial charge >= 0.3 is 0 Å². The third kappa shape index (κ3) is 30.1. The molecule has 0 spiro atoms. The van der Waals surface area contributed by atoms with Gasteiger partial charge in [-0.15, -0.1) is 0 Å². The van der Waals surface area contributed by atoms with Crippen LogP contribution >= 0.6 is 22.6 Å². The summed E-state index contributed by atoms with van der Waals surface area (Å²) in [6.45, 7) is 0. The second-order valence-corrected chi connectivity index (χ2v) is 11.2. The van der Waals surface area contributed by atoms with Crippen molar-refractivity contribution in [3.8, 4) is 0 Å². The van der Waals surface area contributed by atoms with E-state index in [9.17, 15) is 4.79 Å². The second-order valence-electron chi connectivity index (χ2n) is 10.2. The van der Waals surface area contributed by atoms with E-state index in [1.54, 1.807) is 5.48 Å². The lowest BCUT2D eigenvalue weighted by Crippen LogP contribution is -2.17. The summed E-state index contributed by atoms with van der Waals surface area (Å²) in [5, 5.41) is 8.43. The zero-order chi connectivity index (χ0) is 24.1. The van der Waals surface area contributed by atoms with E-state index in [-0.39, 0.29) is 5.91 Å². The summed E-state index contributed by atoms with van der Waals surface area (Å²) in [6, 6.07) is 0. The Morgan fingerprint density at radius 1 is 0.424 bits per heavy atom. The summed E-state index contributed by atoms with van der Waals surface area (Å²) in [7, 11) is 0. The van der Waals surface area contributed by atoms with Gasteiger partial charge in [-0.1, -0.05) is 177 Å². The average molecular weight is 580 g/mol. The SMILES string of the molecule is O=C(CCCCCCCCCCCCCCCCCCCCCCCCCCCCI)NO. The highest BCUT2D eigenvalue weighted by atomic mass is 127. The number of hydrogen-bond acceptors (Lipinski definition) is 2. The smallest absolute Gasteiger partial charge is 0.243 e. The topological polar surface area (TPSA) is 49.3 Å². The summed E-state index contributed by atoms with van der Waals surface area (Å²) in [4.78, 5) is 10.9. The molecule has 0 saturated heterocycles. The minimum absolute atomic E-state index is 0.255. The summed E-state index contributed by atoms with van der Waals surface area (Å²) in [5.41, 5.74) is 1.70. The highest BCUT2D eigenvalue weighted by molar-refractivity contribution is 14.1. The van der Waals surface area contributed by atoms with E-state index in [0.717, 1.165) is 12.8 Å². The van der Waals surface area contributed by atoms with Gasteiger partial charge in [-0.2, -0.15) is 0 Å². The first-order valence-electron chi connectivity index (χ1n) is 14.8. The monoisotopic (exact) mass is 579 g/mol. The third-order valence-electron chi connectivity index (χ3n) is 6.91. The number of unbranched alkanes of at least 4 members (excludes halogenated alkanes) is 25. The summed E-state index contributed by atoms with van der Waals surface area (Å²) in [6.07, 6.45) is 36.7. The van der Waals surface area contributed by atoms with Gasteiger partial charge in [0, 0.05) is 6.42 Å². The fraction of sp³-hybridized carbons (Fsp3) is 0.966. The fourth-order valence-corrected chi connectivity index (χ4v) is 5.22. The molecule has 0 atom stereocenters. The van der Waals surface area contributed by atoms with Crippen LogP contribution in [0.2, 0.25) is 0 Å². The van der Waals surface area contributed by atoms with Crippen molar-refractivity contribution >= 4 is 28.5 Å². The van der Waals surface area contributed by atoms with Gasteiger partial charge in [0.25, 0.3) is 0 Å². The van der Waals surface area contributed by atoms with E-state index in [2.05, 4.69) is 22.6 Å². The number of amides is 1. The molecule has 0 aliphatic heterocycles. The molecule has 0 aromatic rings. The van der Waals surface area contributed by atoms with Crippen molar-refractivity contribution in [2.75, 3.05) is 4.43 Å². The van der Waals surface area contributed by atoms with Crippen molar-refractivity contribution in [3.05, 3.63) is 0 Å². The number of nitrogens with one attached hydrogen (secondary N) is 1. The zero-order valence-electron chi connectivity index (χ0n) is 22.0. The van der Waals surface area contributed by atoms with Crippen LogP contribution in [0.15, 0.2) is 0 Å². The Hall–Kier alpha value is 0.160. The maximum atomic E-state index is 10.9. The molecule has 0 saturated carbocycles. The minimum Gasteiger partial charge on any atom is -0.289 e. The molecular weight excluding hydrogens is 521 g/mol. The molecule has 0 heterocycles. The van der Waals surface area contributed by atoms with Gasteiger partial charge in [0.2, 0.25) is 5.91 Å². The fourth-order valence-electron chi connectivity index (χ4n) is 4.68. The molecule has 0 bridgehead atoms. The van der Waals surface area contributed by atoms with Crippen molar-refractivity contribution in [1.29, 1.82) is 0 Å². The Kier molecular flexibility index (Phi) is 30.3. The summed E-state index contributed by atoms with van der Waals surface area (Å²) in [5.74, 6) is -0.255. The van der Waals surface area contributed by atoms with Gasteiger partial charge in [0.15, 0.2) is 0 Å². The number of rotatable bonds is 28. The third-order valence-corrected chi connectivity index (χ3v) is 7.67. The van der Waals surface area contributed by atoms with E-state index in [4.69, 9.17) is 5.21 Å². The van der Waals surface area contributed by atoms with Crippen LogP contribution in [-0.4, -0.2) is 15.5 Å². The molecule has 0 aromatic heterocycles. The molecule has 0 radical (unpaired) electrons. The maximum absolute atomic E-state index is 10.9.